The predicted molar refractivity (Wildman–Crippen MR) is 291 cm³/mol. The number of amides is 1. The van der Waals surface area contributed by atoms with Crippen molar-refractivity contribution in [1.29, 1.82) is 0 Å². The molecule has 0 saturated carbocycles. The number of rotatable bonds is 13. The zero-order valence-corrected chi connectivity index (χ0v) is 44.8. The Balaban J connectivity index is 0.000000152. The van der Waals surface area contributed by atoms with Gasteiger partial charge >= 0.3 is 18.1 Å². The van der Waals surface area contributed by atoms with Gasteiger partial charge in [0, 0.05) is 61.8 Å². The second-order valence-corrected chi connectivity index (χ2v) is 23.1. The molecule has 4 atom stereocenters. The normalized spacial score (nSPS) is 23.8. The molecule has 8 aliphatic rings. The quantitative estimate of drug-likeness (QED) is 0.0864. The lowest BCUT2D eigenvalue weighted by Crippen LogP contribution is -2.56. The van der Waals surface area contributed by atoms with Crippen LogP contribution >= 0.6 is 0 Å². The van der Waals surface area contributed by atoms with E-state index in [1.165, 1.54) is 43.3 Å². The Kier molecular flexibility index (Phi) is 14.1. The summed E-state index contributed by atoms with van der Waals surface area (Å²) in [4.78, 5) is 51.6. The molecule has 0 spiro atoms. The Morgan fingerprint density at radius 2 is 1.08 bits per heavy atom. The second-order valence-electron chi connectivity index (χ2n) is 23.1. The van der Waals surface area contributed by atoms with Gasteiger partial charge in [-0.25, -0.2) is 22.4 Å². The van der Waals surface area contributed by atoms with Crippen LogP contribution in [-0.2, 0) is 4.74 Å². The van der Waals surface area contributed by atoms with Crippen molar-refractivity contribution < 1.29 is 36.6 Å². The molecule has 20 heteroatoms. The maximum Gasteiger partial charge on any atom is 0.410 e. The first-order valence-electron chi connectivity index (χ1n) is 28.8. The smallest absolute Gasteiger partial charge is 0.410 e. The number of nitrogens with zero attached hydrogens (tertiary/aromatic N) is 11. The zero-order valence-electron chi connectivity index (χ0n) is 44.8. The minimum atomic E-state index is -0.710. The van der Waals surface area contributed by atoms with Gasteiger partial charge in [-0.2, -0.15) is 19.9 Å². The first kappa shape index (κ1) is 51.9. The van der Waals surface area contributed by atoms with Gasteiger partial charge in [-0.15, -0.1) is 0 Å². The number of halogens is 4. The van der Waals surface area contributed by atoms with Crippen molar-refractivity contribution in [2.75, 3.05) is 82.0 Å². The minimum absolute atomic E-state index is 0.0295. The first-order valence-corrected chi connectivity index (χ1v) is 28.8. The molecule has 8 saturated heterocycles. The van der Waals surface area contributed by atoms with Crippen LogP contribution in [0.3, 0.4) is 0 Å². The Hall–Kier alpha value is -6.51. The van der Waals surface area contributed by atoms with Gasteiger partial charge < -0.3 is 29.3 Å². The van der Waals surface area contributed by atoms with E-state index in [2.05, 4.69) is 51.8 Å². The van der Waals surface area contributed by atoms with E-state index in [1.807, 2.05) is 4.90 Å². The van der Waals surface area contributed by atoms with Crippen molar-refractivity contribution in [1.82, 2.24) is 49.9 Å². The molecule has 0 radical (unpaired) electrons. The van der Waals surface area contributed by atoms with Gasteiger partial charge in [-0.05, 0) is 134 Å². The molecule has 0 aliphatic carbocycles. The number of anilines is 2. The van der Waals surface area contributed by atoms with Crippen LogP contribution in [0.5, 0.6) is 12.0 Å². The lowest BCUT2D eigenvalue weighted by Gasteiger charge is -2.41. The maximum absolute atomic E-state index is 16.2. The van der Waals surface area contributed by atoms with E-state index < -0.39 is 23.3 Å². The lowest BCUT2D eigenvalue weighted by molar-refractivity contribution is 0.0776. The highest BCUT2D eigenvalue weighted by atomic mass is 19.1. The number of unbranched alkanes of at least 4 members (excludes halogenated alkanes) is 1. The molecule has 14 rings (SSSR count). The van der Waals surface area contributed by atoms with E-state index in [1.54, 1.807) is 30.5 Å². The second kappa shape index (κ2) is 21.5. The summed E-state index contributed by atoms with van der Waals surface area (Å²) in [6, 6.07) is 13.1. The highest BCUT2D eigenvalue weighted by molar-refractivity contribution is 5.93. The van der Waals surface area contributed by atoms with Crippen molar-refractivity contribution >= 4 is 39.5 Å². The summed E-state index contributed by atoms with van der Waals surface area (Å²) < 4.78 is 79.5. The Bertz CT molecular complexity index is 3220. The van der Waals surface area contributed by atoms with Gasteiger partial charge in [-0.1, -0.05) is 37.6 Å². The van der Waals surface area contributed by atoms with E-state index in [-0.39, 0.29) is 74.8 Å². The molecular weight excluding hydrogens is 1020 g/mol. The van der Waals surface area contributed by atoms with Gasteiger partial charge in [0.15, 0.2) is 11.6 Å². The first-order chi connectivity index (χ1) is 38.6. The predicted octanol–water partition coefficient (Wildman–Crippen LogP) is 9.48. The maximum atomic E-state index is 16.2. The van der Waals surface area contributed by atoms with Gasteiger partial charge in [-0.3, -0.25) is 24.7 Å². The number of hydrogen-bond donors (Lipinski definition) is 1. The van der Waals surface area contributed by atoms with Crippen molar-refractivity contribution in [2.45, 2.75) is 132 Å². The van der Waals surface area contributed by atoms with Crippen LogP contribution in [0.4, 0.5) is 34.0 Å². The Morgan fingerprint density at radius 1 is 0.620 bits per heavy atom. The molecule has 8 aliphatic heterocycles. The number of hydrogen-bond acceptors (Lipinski definition) is 15. The topological polar surface area (TPSA) is 150 Å². The number of ether oxygens (including phenoxy) is 3. The molecule has 4 aromatic heterocycles. The number of fused-ring (bicyclic) bond motifs is 8. The third-order valence-electron chi connectivity index (χ3n) is 18.3. The summed E-state index contributed by atoms with van der Waals surface area (Å²) in [5.41, 5.74) is 0.217. The van der Waals surface area contributed by atoms with Crippen molar-refractivity contribution in [2.24, 2.45) is 0 Å². The van der Waals surface area contributed by atoms with Crippen LogP contribution in [0.25, 0.3) is 44.3 Å². The molecule has 16 nitrogen and oxygen atoms in total. The van der Waals surface area contributed by atoms with Crippen molar-refractivity contribution in [3.8, 4) is 34.5 Å². The molecule has 12 heterocycles. The van der Waals surface area contributed by atoms with E-state index >= 15 is 8.78 Å². The lowest BCUT2D eigenvalue weighted by atomic mass is 9.95. The van der Waals surface area contributed by atoms with Crippen molar-refractivity contribution in [3.63, 3.8) is 0 Å². The van der Waals surface area contributed by atoms with E-state index in [0.717, 1.165) is 116 Å². The number of carbonyl (C=O) groups is 1. The standard InChI is InChI=1S/C32H38F2N6O3.C27H30F2N6O/c1-2-3-16-42-31(41)40-21-10-11-22(40)19-38(18-21)29-24-17-35-27(23-8-4-5-9-25(23)33)26(34)28(24)36-30(37-29)43-20-32-12-6-14-39(32)15-7-13-32;28-21-6-2-1-5-19(21)23-22(29)24-20(13-30-23)25(34-14-17-7-8-18(15-34)31-17)33-26(32-24)36-16-27-9-3-11-35(27)12-4-10-27/h4-5,8-9,17,21-22H,2-3,6-7,10-16,18-20H2,1H3;1-2,5-6,13,17-18,31H,3-4,7-12,14-16H2/t;17-,18+. The number of piperazine rings is 2. The number of nitrogens with one attached hydrogen (secondary N) is 1. The fourth-order valence-corrected chi connectivity index (χ4v) is 14.4. The Morgan fingerprint density at radius 3 is 1.53 bits per heavy atom. The van der Waals surface area contributed by atoms with Gasteiger partial charge in [0.25, 0.3) is 0 Å². The van der Waals surface area contributed by atoms with Crippen LogP contribution in [-0.4, -0.2) is 158 Å². The number of aromatic nitrogens is 6. The van der Waals surface area contributed by atoms with Gasteiger partial charge in [0.05, 0.1) is 40.5 Å². The van der Waals surface area contributed by atoms with Crippen LogP contribution < -0.4 is 24.6 Å². The monoisotopic (exact) mass is 1080 g/mol. The molecule has 79 heavy (non-hydrogen) atoms. The van der Waals surface area contributed by atoms with Crippen LogP contribution in [0.1, 0.15) is 96.8 Å². The molecule has 8 fully saturated rings. The fourth-order valence-electron chi connectivity index (χ4n) is 14.4. The molecule has 4 bridgehead atoms. The average molecular weight is 1090 g/mol. The van der Waals surface area contributed by atoms with Crippen LogP contribution in [0, 0.1) is 23.3 Å². The average Bonchev–Trinajstić information content (AvgIpc) is 4.38. The van der Waals surface area contributed by atoms with Crippen LogP contribution in [0.2, 0.25) is 0 Å². The molecular formula is C59H68F4N12O4. The molecule has 2 aromatic carbocycles. The van der Waals surface area contributed by atoms with Gasteiger partial charge in [0.2, 0.25) is 0 Å². The highest BCUT2D eigenvalue weighted by Crippen LogP contribution is 2.43. The Labute approximate surface area is 457 Å². The number of pyridine rings is 2. The zero-order chi connectivity index (χ0) is 53.8. The molecule has 2 unspecified atom stereocenters. The SMILES string of the molecule is CCCCOC(=O)N1C2CCC1CN(c1nc(OCC34CCCN3CCC4)nc3c(F)c(-c4ccccc4F)ncc13)C2.Fc1ccccc1-c1ncc2c(N3C[C@H]4CC[C@@H](C3)N4)nc(OCC34CCCN3CCC4)nc2c1F. The largest absolute Gasteiger partial charge is 0.461 e. The molecule has 1 amide bonds. The molecule has 1 N–H and O–H groups in total. The van der Waals surface area contributed by atoms with E-state index in [9.17, 15) is 13.6 Å². The third-order valence-corrected chi connectivity index (χ3v) is 18.3. The summed E-state index contributed by atoms with van der Waals surface area (Å²) in [6.45, 7) is 10.4. The summed E-state index contributed by atoms with van der Waals surface area (Å²) in [5.74, 6) is -1.26. The van der Waals surface area contributed by atoms with Crippen molar-refractivity contribution in [3.05, 3.63) is 84.2 Å². The number of carbonyl (C=O) groups excluding carboxylic acids is 1. The summed E-state index contributed by atoms with van der Waals surface area (Å²) in [5, 5.41) is 4.60. The minimum Gasteiger partial charge on any atom is -0.461 e. The molecule has 6 aromatic rings. The van der Waals surface area contributed by atoms with E-state index in [4.69, 9.17) is 24.2 Å². The summed E-state index contributed by atoms with van der Waals surface area (Å²) >= 11 is 0. The van der Waals surface area contributed by atoms with Gasteiger partial charge in [0.1, 0.15) is 58.9 Å². The number of benzene rings is 2. The highest BCUT2D eigenvalue weighted by Gasteiger charge is 2.48. The molecule has 416 valence electrons. The summed E-state index contributed by atoms with van der Waals surface area (Å²) in [6.07, 6.45) is 17.5. The third kappa shape index (κ3) is 9.72. The summed E-state index contributed by atoms with van der Waals surface area (Å²) in [7, 11) is 0. The van der Waals surface area contributed by atoms with Crippen LogP contribution in [0.15, 0.2) is 60.9 Å². The van der Waals surface area contributed by atoms with E-state index in [0.29, 0.717) is 67.4 Å². The fraction of sp³-hybridized carbons (Fsp3) is 0.542.